The van der Waals surface area contributed by atoms with Crippen LogP contribution in [0.5, 0.6) is 0 Å². The van der Waals surface area contributed by atoms with Gasteiger partial charge in [-0.2, -0.15) is 0 Å². The minimum atomic E-state index is 0. The van der Waals surface area contributed by atoms with Crippen LogP contribution in [-0.2, 0) is 4.79 Å². The van der Waals surface area contributed by atoms with E-state index in [4.69, 9.17) is 0 Å². The Morgan fingerprint density at radius 3 is 2.74 bits per heavy atom. The molecule has 132 valence electrons. The summed E-state index contributed by atoms with van der Waals surface area (Å²) in [4.78, 5) is 19.2. The molecule has 0 aromatic carbocycles. The molecule has 3 heterocycles. The molecule has 1 unspecified atom stereocenters. The smallest absolute Gasteiger partial charge is 0.223 e. The van der Waals surface area contributed by atoms with E-state index < -0.39 is 0 Å². The van der Waals surface area contributed by atoms with Gasteiger partial charge >= 0.3 is 0 Å². The molecule has 2 fully saturated rings. The number of piperidine rings is 2. The molecule has 0 saturated carbocycles. The van der Waals surface area contributed by atoms with Gasteiger partial charge in [0.1, 0.15) is 5.01 Å². The van der Waals surface area contributed by atoms with Crippen LogP contribution in [0, 0.1) is 5.92 Å². The monoisotopic (exact) mass is 379 g/mol. The summed E-state index contributed by atoms with van der Waals surface area (Å²) >= 11 is 1.68. The number of aromatic nitrogens is 1. The van der Waals surface area contributed by atoms with Crippen molar-refractivity contribution in [2.75, 3.05) is 19.6 Å². The largest absolute Gasteiger partial charge is 0.333 e. The lowest BCUT2D eigenvalue weighted by molar-refractivity contribution is -0.135. The van der Waals surface area contributed by atoms with Crippen molar-refractivity contribution in [3.8, 4) is 0 Å². The van der Waals surface area contributed by atoms with Crippen molar-refractivity contribution in [3.63, 3.8) is 0 Å². The molecular formula is C16H27Cl2N3OS. The Morgan fingerprint density at radius 2 is 2.04 bits per heavy atom. The molecule has 0 spiro atoms. The molecule has 2 saturated heterocycles. The SMILES string of the molecule is Cl.Cl.O=C(CCC1CCNCC1)N1CCCCC1c1nccs1. The Labute approximate surface area is 155 Å². The van der Waals surface area contributed by atoms with Gasteiger partial charge in [-0.15, -0.1) is 36.2 Å². The molecule has 23 heavy (non-hydrogen) atoms. The van der Waals surface area contributed by atoms with Gasteiger partial charge in [-0.05, 0) is 57.5 Å². The van der Waals surface area contributed by atoms with E-state index in [1.54, 1.807) is 11.3 Å². The van der Waals surface area contributed by atoms with Crippen LogP contribution in [0.25, 0.3) is 0 Å². The van der Waals surface area contributed by atoms with Gasteiger partial charge in [0.2, 0.25) is 5.91 Å². The summed E-state index contributed by atoms with van der Waals surface area (Å²) in [7, 11) is 0. The van der Waals surface area contributed by atoms with Gasteiger partial charge in [0.05, 0.1) is 6.04 Å². The molecule has 1 N–H and O–H groups in total. The van der Waals surface area contributed by atoms with Crippen LogP contribution in [0.4, 0.5) is 0 Å². The highest BCUT2D eigenvalue weighted by atomic mass is 35.5. The van der Waals surface area contributed by atoms with Crippen LogP contribution in [0.2, 0.25) is 0 Å². The van der Waals surface area contributed by atoms with Crippen LogP contribution in [-0.4, -0.2) is 35.4 Å². The highest BCUT2D eigenvalue weighted by molar-refractivity contribution is 7.09. The fourth-order valence-corrected chi connectivity index (χ4v) is 4.31. The molecule has 2 aliphatic heterocycles. The van der Waals surface area contributed by atoms with Crippen LogP contribution < -0.4 is 5.32 Å². The van der Waals surface area contributed by atoms with E-state index in [9.17, 15) is 4.79 Å². The molecular weight excluding hydrogens is 353 g/mol. The van der Waals surface area contributed by atoms with E-state index >= 15 is 0 Å². The minimum Gasteiger partial charge on any atom is -0.333 e. The minimum absolute atomic E-state index is 0. The molecule has 1 atom stereocenters. The van der Waals surface area contributed by atoms with E-state index in [2.05, 4.69) is 15.2 Å². The van der Waals surface area contributed by atoms with Crippen molar-refractivity contribution in [1.29, 1.82) is 0 Å². The van der Waals surface area contributed by atoms with Gasteiger partial charge in [-0.3, -0.25) is 4.79 Å². The second kappa shape index (κ2) is 10.5. The van der Waals surface area contributed by atoms with Gasteiger partial charge < -0.3 is 10.2 Å². The van der Waals surface area contributed by atoms with Crippen molar-refractivity contribution in [2.45, 2.75) is 51.0 Å². The Hall–Kier alpha value is -0.360. The number of rotatable bonds is 4. The second-order valence-corrected chi connectivity index (χ2v) is 7.13. The highest BCUT2D eigenvalue weighted by Crippen LogP contribution is 2.33. The number of hydrogen-bond acceptors (Lipinski definition) is 4. The first kappa shape index (κ1) is 20.7. The van der Waals surface area contributed by atoms with Crippen LogP contribution in [0.1, 0.15) is 56.0 Å². The summed E-state index contributed by atoms with van der Waals surface area (Å²) in [6.45, 7) is 3.14. The van der Waals surface area contributed by atoms with Gasteiger partial charge in [-0.1, -0.05) is 0 Å². The van der Waals surface area contributed by atoms with E-state index in [0.717, 1.165) is 49.8 Å². The summed E-state index contributed by atoms with van der Waals surface area (Å²) in [5.74, 6) is 1.08. The van der Waals surface area contributed by atoms with Crippen LogP contribution in [0.15, 0.2) is 11.6 Å². The normalized spacial score (nSPS) is 22.1. The Balaban J connectivity index is 0.00000132. The summed E-state index contributed by atoms with van der Waals surface area (Å²) in [5, 5.41) is 6.52. The number of thiazole rings is 1. The number of hydrogen-bond donors (Lipinski definition) is 1. The molecule has 3 rings (SSSR count). The first-order valence-electron chi connectivity index (χ1n) is 8.24. The summed E-state index contributed by atoms with van der Waals surface area (Å²) in [5.41, 5.74) is 0. The average molecular weight is 380 g/mol. The predicted octanol–water partition coefficient (Wildman–Crippen LogP) is 3.82. The van der Waals surface area contributed by atoms with Crippen molar-refractivity contribution in [1.82, 2.24) is 15.2 Å². The van der Waals surface area contributed by atoms with E-state index in [-0.39, 0.29) is 30.9 Å². The number of carbonyl (C=O) groups excluding carboxylic acids is 1. The molecule has 0 bridgehead atoms. The van der Waals surface area contributed by atoms with Gasteiger partial charge in [0.15, 0.2) is 0 Å². The van der Waals surface area contributed by atoms with E-state index in [1.165, 1.54) is 19.3 Å². The molecule has 4 nitrogen and oxygen atoms in total. The third-order valence-corrected chi connectivity index (χ3v) is 5.66. The Morgan fingerprint density at radius 1 is 1.26 bits per heavy atom. The fraction of sp³-hybridized carbons (Fsp3) is 0.750. The lowest BCUT2D eigenvalue weighted by Gasteiger charge is -2.35. The van der Waals surface area contributed by atoms with Crippen molar-refractivity contribution in [3.05, 3.63) is 16.6 Å². The maximum atomic E-state index is 12.6. The van der Waals surface area contributed by atoms with Crippen LogP contribution >= 0.6 is 36.2 Å². The van der Waals surface area contributed by atoms with Crippen molar-refractivity contribution >= 4 is 42.1 Å². The van der Waals surface area contributed by atoms with Crippen molar-refractivity contribution < 1.29 is 4.79 Å². The first-order chi connectivity index (χ1) is 10.3. The number of amides is 1. The standard InChI is InChI=1S/C16H25N3OS.2ClH/c20-15(5-4-13-6-8-17-9-7-13)19-11-2-1-3-14(19)16-18-10-12-21-16;;/h10,12-14,17H,1-9,11H2;2*1H. The Bertz CT molecular complexity index is 452. The highest BCUT2D eigenvalue weighted by Gasteiger charge is 2.29. The van der Waals surface area contributed by atoms with Crippen LogP contribution in [0.3, 0.4) is 0 Å². The number of nitrogens with zero attached hydrogens (tertiary/aromatic N) is 2. The number of halogens is 2. The zero-order valence-corrected chi connectivity index (χ0v) is 15.9. The van der Waals surface area contributed by atoms with E-state index in [1.807, 2.05) is 11.6 Å². The summed E-state index contributed by atoms with van der Waals surface area (Å²) in [6, 6.07) is 0.235. The van der Waals surface area contributed by atoms with Gasteiger partial charge in [-0.25, -0.2) is 4.98 Å². The van der Waals surface area contributed by atoms with Crippen molar-refractivity contribution in [2.24, 2.45) is 5.92 Å². The molecule has 1 aromatic heterocycles. The zero-order valence-electron chi connectivity index (χ0n) is 13.4. The molecule has 1 aromatic rings. The summed E-state index contributed by atoms with van der Waals surface area (Å²) in [6.07, 6.45) is 9.50. The molecule has 7 heteroatoms. The Kier molecular flexibility index (Phi) is 9.44. The van der Waals surface area contributed by atoms with Gasteiger partial charge in [0.25, 0.3) is 0 Å². The molecule has 0 aliphatic carbocycles. The second-order valence-electron chi connectivity index (χ2n) is 6.20. The molecule has 1 amide bonds. The average Bonchev–Trinajstić information content (AvgIpc) is 3.08. The first-order valence-corrected chi connectivity index (χ1v) is 9.12. The molecule has 0 radical (unpaired) electrons. The fourth-order valence-electron chi connectivity index (χ4n) is 3.53. The lowest BCUT2D eigenvalue weighted by atomic mass is 9.92. The van der Waals surface area contributed by atoms with E-state index in [0.29, 0.717) is 12.3 Å². The number of likely N-dealkylation sites (tertiary alicyclic amines) is 1. The summed E-state index contributed by atoms with van der Waals surface area (Å²) < 4.78 is 0. The maximum absolute atomic E-state index is 12.6. The van der Waals surface area contributed by atoms with Gasteiger partial charge in [0, 0.05) is 24.5 Å². The predicted molar refractivity (Wildman–Crippen MR) is 99.7 cm³/mol. The molecule has 2 aliphatic rings. The third kappa shape index (κ3) is 5.59. The third-order valence-electron chi connectivity index (χ3n) is 4.78. The maximum Gasteiger partial charge on any atom is 0.223 e. The quantitative estimate of drug-likeness (QED) is 0.864. The lowest BCUT2D eigenvalue weighted by Crippen LogP contribution is -2.38. The topological polar surface area (TPSA) is 45.2 Å². The number of nitrogens with one attached hydrogen (secondary N) is 1. The number of carbonyl (C=O) groups is 1. The zero-order chi connectivity index (χ0) is 14.5.